The van der Waals surface area contributed by atoms with Crippen molar-refractivity contribution in [3.05, 3.63) is 34.9 Å². The Morgan fingerprint density at radius 1 is 1.20 bits per heavy atom. The van der Waals surface area contributed by atoms with Gasteiger partial charge in [-0.3, -0.25) is 4.79 Å². The third-order valence-electron chi connectivity index (χ3n) is 3.12. The Morgan fingerprint density at radius 3 is 2.35 bits per heavy atom. The smallest absolute Gasteiger partial charge is 0.342 e. The van der Waals surface area contributed by atoms with Crippen LogP contribution < -0.4 is 0 Å². The van der Waals surface area contributed by atoms with Crippen LogP contribution in [0.3, 0.4) is 0 Å². The highest BCUT2D eigenvalue weighted by atomic mass is 35.5. The van der Waals surface area contributed by atoms with Crippen LogP contribution in [0.15, 0.2) is 29.4 Å². The van der Waals surface area contributed by atoms with Gasteiger partial charge in [-0.2, -0.15) is 0 Å². The van der Waals surface area contributed by atoms with E-state index in [1.165, 1.54) is 0 Å². The van der Waals surface area contributed by atoms with Crippen LogP contribution in [-0.2, 0) is 9.63 Å². The van der Waals surface area contributed by atoms with Crippen LogP contribution >= 0.6 is 11.6 Å². The van der Waals surface area contributed by atoms with Crippen LogP contribution in [0.25, 0.3) is 0 Å². The maximum atomic E-state index is 11.7. The Morgan fingerprint density at radius 2 is 1.80 bits per heavy atom. The number of hydrogen-bond donors (Lipinski definition) is 0. The number of piperidine rings is 1. The number of benzene rings is 1. The third-order valence-corrected chi connectivity index (χ3v) is 3.38. The number of carbonyl (C=O) groups is 2. The summed E-state index contributed by atoms with van der Waals surface area (Å²) in [6, 6.07) is 6.42. The summed E-state index contributed by atoms with van der Waals surface area (Å²) in [6.45, 7) is 2.78. The van der Waals surface area contributed by atoms with Gasteiger partial charge in [0.05, 0.1) is 11.3 Å². The Kier molecular flexibility index (Phi) is 4.74. The van der Waals surface area contributed by atoms with Crippen LogP contribution in [-0.4, -0.2) is 35.6 Å². The standard InChI is InChI=1S/C14H15ClN2O3/c1-10(18)17-8-6-13(7-9-17)16-20-14(19)11-2-4-12(15)5-3-11/h2-5H,6-9H2,1H3. The fraction of sp³-hybridized carbons (Fsp3) is 0.357. The van der Waals surface area contributed by atoms with Crippen molar-refractivity contribution in [1.82, 2.24) is 4.90 Å². The lowest BCUT2D eigenvalue weighted by Crippen LogP contribution is -2.37. The Hall–Kier alpha value is -1.88. The van der Waals surface area contributed by atoms with Gasteiger partial charge in [0.15, 0.2) is 0 Å². The quantitative estimate of drug-likeness (QED) is 0.622. The van der Waals surface area contributed by atoms with Crippen molar-refractivity contribution in [2.24, 2.45) is 5.16 Å². The summed E-state index contributed by atoms with van der Waals surface area (Å²) < 4.78 is 0. The lowest BCUT2D eigenvalue weighted by Gasteiger charge is -2.25. The van der Waals surface area contributed by atoms with Gasteiger partial charge >= 0.3 is 5.97 Å². The fourth-order valence-corrected chi connectivity index (χ4v) is 2.04. The van der Waals surface area contributed by atoms with Crippen molar-refractivity contribution in [2.75, 3.05) is 13.1 Å². The average molecular weight is 295 g/mol. The normalized spacial score (nSPS) is 14.9. The first-order chi connectivity index (χ1) is 9.56. The number of rotatable bonds is 2. The molecule has 1 aliphatic rings. The molecule has 1 aromatic carbocycles. The molecule has 106 valence electrons. The summed E-state index contributed by atoms with van der Waals surface area (Å²) in [5.74, 6) is -0.453. The van der Waals surface area contributed by atoms with Gasteiger partial charge in [-0.1, -0.05) is 16.8 Å². The number of hydrogen-bond acceptors (Lipinski definition) is 4. The zero-order chi connectivity index (χ0) is 14.5. The zero-order valence-corrected chi connectivity index (χ0v) is 11.9. The molecule has 0 saturated carbocycles. The van der Waals surface area contributed by atoms with E-state index < -0.39 is 5.97 Å². The second-order valence-corrected chi connectivity index (χ2v) is 4.99. The molecular weight excluding hydrogens is 280 g/mol. The molecule has 2 rings (SSSR count). The SMILES string of the molecule is CC(=O)N1CCC(=NOC(=O)c2ccc(Cl)cc2)CC1. The predicted octanol–water partition coefficient (Wildman–Crippen LogP) is 2.50. The monoisotopic (exact) mass is 294 g/mol. The molecule has 1 amide bonds. The Balaban J connectivity index is 1.88. The van der Waals surface area contributed by atoms with Crippen LogP contribution in [0.2, 0.25) is 5.02 Å². The summed E-state index contributed by atoms with van der Waals surface area (Å²) in [5.41, 5.74) is 1.20. The van der Waals surface area contributed by atoms with E-state index in [0.717, 1.165) is 5.71 Å². The van der Waals surface area contributed by atoms with Gasteiger partial charge in [-0.25, -0.2) is 4.79 Å². The van der Waals surface area contributed by atoms with E-state index in [1.807, 2.05) is 0 Å². The molecule has 0 N–H and O–H groups in total. The maximum absolute atomic E-state index is 11.7. The Bertz CT molecular complexity index is 530. The maximum Gasteiger partial charge on any atom is 0.365 e. The van der Waals surface area contributed by atoms with Crippen LogP contribution in [0.4, 0.5) is 0 Å². The summed E-state index contributed by atoms with van der Waals surface area (Å²) in [6.07, 6.45) is 1.26. The highest BCUT2D eigenvalue weighted by molar-refractivity contribution is 6.30. The summed E-state index contributed by atoms with van der Waals surface area (Å²) in [7, 11) is 0. The van der Waals surface area contributed by atoms with E-state index >= 15 is 0 Å². The molecule has 6 heteroatoms. The van der Waals surface area contributed by atoms with Gasteiger partial charge in [0, 0.05) is 37.9 Å². The van der Waals surface area contributed by atoms with Crippen molar-refractivity contribution in [3.8, 4) is 0 Å². The number of carbonyl (C=O) groups excluding carboxylic acids is 2. The van der Waals surface area contributed by atoms with Gasteiger partial charge in [0.25, 0.3) is 0 Å². The minimum absolute atomic E-state index is 0.0576. The molecule has 0 spiro atoms. The highest BCUT2D eigenvalue weighted by Gasteiger charge is 2.17. The van der Waals surface area contributed by atoms with E-state index in [9.17, 15) is 9.59 Å². The van der Waals surface area contributed by atoms with E-state index in [2.05, 4.69) is 5.16 Å². The zero-order valence-electron chi connectivity index (χ0n) is 11.1. The van der Waals surface area contributed by atoms with Crippen molar-refractivity contribution >= 4 is 29.2 Å². The van der Waals surface area contributed by atoms with E-state index in [-0.39, 0.29) is 5.91 Å². The Labute approximate surface area is 122 Å². The molecule has 0 atom stereocenters. The number of nitrogens with zero attached hydrogens (tertiary/aromatic N) is 2. The van der Waals surface area contributed by atoms with Crippen LogP contribution in [0.1, 0.15) is 30.1 Å². The van der Waals surface area contributed by atoms with E-state index in [0.29, 0.717) is 36.5 Å². The van der Waals surface area contributed by atoms with Gasteiger partial charge in [0.1, 0.15) is 0 Å². The fourth-order valence-electron chi connectivity index (χ4n) is 1.92. The van der Waals surface area contributed by atoms with Gasteiger partial charge in [-0.05, 0) is 24.3 Å². The minimum atomic E-state index is -0.511. The van der Waals surface area contributed by atoms with Crippen molar-refractivity contribution in [3.63, 3.8) is 0 Å². The molecule has 1 heterocycles. The lowest BCUT2D eigenvalue weighted by molar-refractivity contribution is -0.128. The van der Waals surface area contributed by atoms with Crippen LogP contribution in [0, 0.1) is 0 Å². The van der Waals surface area contributed by atoms with Crippen LogP contribution in [0.5, 0.6) is 0 Å². The molecule has 0 aromatic heterocycles. The van der Waals surface area contributed by atoms with Gasteiger partial charge < -0.3 is 9.74 Å². The van der Waals surface area contributed by atoms with Crippen molar-refractivity contribution < 1.29 is 14.4 Å². The molecule has 5 nitrogen and oxygen atoms in total. The number of halogens is 1. The predicted molar refractivity (Wildman–Crippen MR) is 75.8 cm³/mol. The largest absolute Gasteiger partial charge is 0.365 e. The molecule has 1 saturated heterocycles. The van der Waals surface area contributed by atoms with E-state index in [1.54, 1.807) is 36.1 Å². The van der Waals surface area contributed by atoms with Gasteiger partial charge in [-0.15, -0.1) is 0 Å². The number of likely N-dealkylation sites (tertiary alicyclic amines) is 1. The first-order valence-electron chi connectivity index (χ1n) is 6.34. The molecule has 0 aliphatic carbocycles. The molecule has 0 bridgehead atoms. The molecule has 0 radical (unpaired) electrons. The minimum Gasteiger partial charge on any atom is -0.342 e. The average Bonchev–Trinajstić information content (AvgIpc) is 2.46. The highest BCUT2D eigenvalue weighted by Crippen LogP contribution is 2.12. The second-order valence-electron chi connectivity index (χ2n) is 4.55. The summed E-state index contributed by atoms with van der Waals surface area (Å²) >= 11 is 5.74. The molecule has 1 fully saturated rings. The lowest BCUT2D eigenvalue weighted by atomic mass is 10.1. The third kappa shape index (κ3) is 3.81. The number of oxime groups is 1. The molecular formula is C14H15ClN2O3. The second kappa shape index (κ2) is 6.52. The molecule has 20 heavy (non-hydrogen) atoms. The first kappa shape index (κ1) is 14.5. The molecule has 0 unspecified atom stereocenters. The van der Waals surface area contributed by atoms with Gasteiger partial charge in [0.2, 0.25) is 5.91 Å². The number of amides is 1. The van der Waals surface area contributed by atoms with E-state index in [4.69, 9.17) is 16.4 Å². The van der Waals surface area contributed by atoms with Crippen molar-refractivity contribution in [1.29, 1.82) is 0 Å². The molecule has 1 aliphatic heterocycles. The topological polar surface area (TPSA) is 59.0 Å². The summed E-state index contributed by atoms with van der Waals surface area (Å²) in [5, 5.41) is 4.43. The first-order valence-corrected chi connectivity index (χ1v) is 6.72. The summed E-state index contributed by atoms with van der Waals surface area (Å²) in [4.78, 5) is 29.6. The van der Waals surface area contributed by atoms with Crippen molar-refractivity contribution in [2.45, 2.75) is 19.8 Å². The molecule has 1 aromatic rings.